The Kier molecular flexibility index (Phi) is 6.01. The molecule has 1 aliphatic rings. The molecule has 0 bridgehead atoms. The molecule has 20 heavy (non-hydrogen) atoms. The number of nitrogens with zero attached hydrogens (tertiary/aromatic N) is 2. The molecule has 6 nitrogen and oxygen atoms in total. The van der Waals surface area contributed by atoms with Crippen molar-refractivity contribution in [2.24, 2.45) is 0 Å². The van der Waals surface area contributed by atoms with Crippen molar-refractivity contribution in [2.45, 2.75) is 38.9 Å². The first-order valence-electron chi connectivity index (χ1n) is 7.19. The first-order chi connectivity index (χ1) is 9.81. The van der Waals surface area contributed by atoms with Crippen LogP contribution in [0.1, 0.15) is 32.0 Å². The summed E-state index contributed by atoms with van der Waals surface area (Å²) < 4.78 is 16.7. The maximum Gasteiger partial charge on any atom is 0.218 e. The standard InChI is InChI=1S/C14H23N3O3/c1-3-18-10-13-16-12(15-2)8-14(17-13)20-9-11-6-4-5-7-19-11/h8,11H,3-7,9-10H2,1-2H3,(H,15,16,17). The number of hydrogen-bond acceptors (Lipinski definition) is 6. The molecule has 1 N–H and O–H groups in total. The number of nitrogens with one attached hydrogen (secondary N) is 1. The van der Waals surface area contributed by atoms with Crippen LogP contribution in [0.15, 0.2) is 6.07 Å². The molecule has 2 rings (SSSR count). The second-order valence-corrected chi connectivity index (χ2v) is 4.69. The molecular formula is C14H23N3O3. The summed E-state index contributed by atoms with van der Waals surface area (Å²) in [5.74, 6) is 1.92. The van der Waals surface area contributed by atoms with Gasteiger partial charge in [0, 0.05) is 26.3 Å². The second kappa shape index (κ2) is 8.01. The minimum absolute atomic E-state index is 0.173. The Labute approximate surface area is 119 Å². The van der Waals surface area contributed by atoms with Crippen molar-refractivity contribution in [3.05, 3.63) is 11.9 Å². The summed E-state index contributed by atoms with van der Waals surface area (Å²) in [5, 5.41) is 3.00. The highest BCUT2D eigenvalue weighted by molar-refractivity contribution is 5.37. The molecule has 1 unspecified atom stereocenters. The average Bonchev–Trinajstić information content (AvgIpc) is 2.51. The van der Waals surface area contributed by atoms with E-state index in [-0.39, 0.29) is 6.10 Å². The largest absolute Gasteiger partial charge is 0.475 e. The predicted molar refractivity (Wildman–Crippen MR) is 76.0 cm³/mol. The Bertz CT molecular complexity index is 409. The molecule has 1 aromatic rings. The SMILES string of the molecule is CCOCc1nc(NC)cc(OCC2CCCCO2)n1. The van der Waals surface area contributed by atoms with Gasteiger partial charge >= 0.3 is 0 Å². The summed E-state index contributed by atoms with van der Waals surface area (Å²) in [6.07, 6.45) is 3.57. The molecule has 6 heteroatoms. The molecule has 1 aliphatic heterocycles. The summed E-state index contributed by atoms with van der Waals surface area (Å²) in [5.41, 5.74) is 0. The highest BCUT2D eigenvalue weighted by Gasteiger charge is 2.15. The van der Waals surface area contributed by atoms with Crippen molar-refractivity contribution < 1.29 is 14.2 Å². The minimum Gasteiger partial charge on any atom is -0.475 e. The highest BCUT2D eigenvalue weighted by atomic mass is 16.5. The number of ether oxygens (including phenoxy) is 3. The number of anilines is 1. The topological polar surface area (TPSA) is 65.5 Å². The van der Waals surface area contributed by atoms with Crippen LogP contribution in [0.5, 0.6) is 5.88 Å². The van der Waals surface area contributed by atoms with Gasteiger partial charge in [-0.25, -0.2) is 4.98 Å². The third-order valence-corrected chi connectivity index (χ3v) is 3.13. The Morgan fingerprint density at radius 1 is 1.40 bits per heavy atom. The van der Waals surface area contributed by atoms with Crippen LogP contribution in [0.2, 0.25) is 0 Å². The van der Waals surface area contributed by atoms with Crippen molar-refractivity contribution in [3.8, 4) is 5.88 Å². The maximum absolute atomic E-state index is 5.74. The van der Waals surface area contributed by atoms with E-state index in [9.17, 15) is 0 Å². The van der Waals surface area contributed by atoms with Crippen LogP contribution in [-0.2, 0) is 16.1 Å². The normalized spacial score (nSPS) is 18.8. The lowest BCUT2D eigenvalue weighted by atomic mass is 10.1. The zero-order chi connectivity index (χ0) is 14.2. The van der Waals surface area contributed by atoms with Gasteiger partial charge in [-0.3, -0.25) is 0 Å². The molecule has 1 aromatic heterocycles. The fraction of sp³-hybridized carbons (Fsp3) is 0.714. The van der Waals surface area contributed by atoms with E-state index in [1.54, 1.807) is 6.07 Å². The van der Waals surface area contributed by atoms with Crippen molar-refractivity contribution in [2.75, 3.05) is 32.2 Å². The summed E-state index contributed by atoms with van der Waals surface area (Å²) >= 11 is 0. The van der Waals surface area contributed by atoms with Crippen molar-refractivity contribution >= 4 is 5.82 Å². The quantitative estimate of drug-likeness (QED) is 0.824. The van der Waals surface area contributed by atoms with E-state index in [1.165, 1.54) is 6.42 Å². The van der Waals surface area contributed by atoms with E-state index >= 15 is 0 Å². The van der Waals surface area contributed by atoms with Crippen LogP contribution in [0.3, 0.4) is 0 Å². The summed E-state index contributed by atoms with van der Waals surface area (Å²) in [7, 11) is 1.82. The third-order valence-electron chi connectivity index (χ3n) is 3.13. The van der Waals surface area contributed by atoms with Gasteiger partial charge in [0.15, 0.2) is 5.82 Å². The first kappa shape index (κ1) is 15.0. The molecular weight excluding hydrogens is 258 g/mol. The number of rotatable bonds is 7. The second-order valence-electron chi connectivity index (χ2n) is 4.69. The van der Waals surface area contributed by atoms with E-state index < -0.39 is 0 Å². The number of aromatic nitrogens is 2. The van der Waals surface area contributed by atoms with Crippen LogP contribution in [-0.4, -0.2) is 42.9 Å². The molecule has 112 valence electrons. The smallest absolute Gasteiger partial charge is 0.218 e. The van der Waals surface area contributed by atoms with Gasteiger partial charge in [-0.15, -0.1) is 0 Å². The monoisotopic (exact) mass is 281 g/mol. The molecule has 0 aliphatic carbocycles. The summed E-state index contributed by atoms with van der Waals surface area (Å²) in [6.45, 7) is 4.34. The van der Waals surface area contributed by atoms with E-state index in [2.05, 4.69) is 15.3 Å². The maximum atomic E-state index is 5.74. The van der Waals surface area contributed by atoms with Crippen LogP contribution >= 0.6 is 0 Å². The Morgan fingerprint density at radius 2 is 2.30 bits per heavy atom. The fourth-order valence-corrected chi connectivity index (χ4v) is 2.05. The molecule has 1 atom stereocenters. The lowest BCUT2D eigenvalue weighted by molar-refractivity contribution is -0.0120. The first-order valence-corrected chi connectivity index (χ1v) is 7.19. The van der Waals surface area contributed by atoms with Gasteiger partial charge in [-0.05, 0) is 26.2 Å². The van der Waals surface area contributed by atoms with E-state index in [1.807, 2.05) is 14.0 Å². The lowest BCUT2D eigenvalue weighted by Gasteiger charge is -2.22. The molecule has 0 saturated carbocycles. The van der Waals surface area contributed by atoms with Gasteiger partial charge in [-0.2, -0.15) is 4.98 Å². The van der Waals surface area contributed by atoms with Gasteiger partial charge < -0.3 is 19.5 Å². The summed E-state index contributed by atoms with van der Waals surface area (Å²) in [4.78, 5) is 8.68. The van der Waals surface area contributed by atoms with E-state index in [0.717, 1.165) is 25.3 Å². The molecule has 2 heterocycles. The molecule has 1 saturated heterocycles. The Morgan fingerprint density at radius 3 is 3.00 bits per heavy atom. The van der Waals surface area contributed by atoms with E-state index in [4.69, 9.17) is 14.2 Å². The molecule has 0 spiro atoms. The molecule has 0 aromatic carbocycles. The van der Waals surface area contributed by atoms with Gasteiger partial charge in [0.05, 0.1) is 6.10 Å². The third kappa shape index (κ3) is 4.61. The van der Waals surface area contributed by atoms with Gasteiger partial charge in [0.1, 0.15) is 19.0 Å². The fourth-order valence-electron chi connectivity index (χ4n) is 2.05. The average molecular weight is 281 g/mol. The van der Waals surface area contributed by atoms with Crippen LogP contribution in [0.25, 0.3) is 0 Å². The molecule has 1 fully saturated rings. The predicted octanol–water partition coefficient (Wildman–Crippen LogP) is 2.00. The lowest BCUT2D eigenvalue weighted by Crippen LogP contribution is -2.26. The minimum atomic E-state index is 0.173. The van der Waals surface area contributed by atoms with Crippen molar-refractivity contribution in [3.63, 3.8) is 0 Å². The van der Waals surface area contributed by atoms with Crippen LogP contribution < -0.4 is 10.1 Å². The van der Waals surface area contributed by atoms with Gasteiger partial charge in [0.2, 0.25) is 5.88 Å². The number of hydrogen-bond donors (Lipinski definition) is 1. The highest BCUT2D eigenvalue weighted by Crippen LogP contribution is 2.17. The zero-order valence-corrected chi connectivity index (χ0v) is 12.2. The Balaban J connectivity index is 1.94. The van der Waals surface area contributed by atoms with Crippen molar-refractivity contribution in [1.29, 1.82) is 0 Å². The van der Waals surface area contributed by atoms with Gasteiger partial charge in [-0.1, -0.05) is 0 Å². The van der Waals surface area contributed by atoms with E-state index in [0.29, 0.717) is 31.5 Å². The van der Waals surface area contributed by atoms with Crippen LogP contribution in [0.4, 0.5) is 5.82 Å². The van der Waals surface area contributed by atoms with Gasteiger partial charge in [0.25, 0.3) is 0 Å². The van der Waals surface area contributed by atoms with Crippen molar-refractivity contribution in [1.82, 2.24) is 9.97 Å². The Hall–Kier alpha value is -1.40. The summed E-state index contributed by atoms with van der Waals surface area (Å²) in [6, 6.07) is 1.79. The van der Waals surface area contributed by atoms with Crippen LogP contribution in [0, 0.1) is 0 Å². The zero-order valence-electron chi connectivity index (χ0n) is 12.2. The molecule has 0 radical (unpaired) electrons. The molecule has 0 amide bonds.